The van der Waals surface area contributed by atoms with Crippen LogP contribution in [0.4, 0.5) is 4.39 Å². The van der Waals surface area contributed by atoms with Crippen LogP contribution < -0.4 is 4.74 Å². The third-order valence-electron chi connectivity index (χ3n) is 4.00. The zero-order valence-corrected chi connectivity index (χ0v) is 15.2. The highest BCUT2D eigenvalue weighted by Crippen LogP contribution is 2.32. The standard InChI is InChI=1S/C20H11Cl2FN2O2/c21-15-8-12(27-11-4-2-1-3-5-11)6-7-13(15)19(26)14-9-24-20-17(14)18(22)16(23)10-25-20/h1-10H,(H,24,25). The Labute approximate surface area is 163 Å². The van der Waals surface area contributed by atoms with E-state index in [1.807, 2.05) is 30.3 Å². The number of fused-ring (bicyclic) bond motifs is 1. The molecule has 134 valence electrons. The summed E-state index contributed by atoms with van der Waals surface area (Å²) in [6, 6.07) is 13.9. The highest BCUT2D eigenvalue weighted by atomic mass is 35.5. The molecule has 4 rings (SSSR count). The molecule has 4 aromatic rings. The fourth-order valence-corrected chi connectivity index (χ4v) is 3.22. The molecule has 0 aliphatic rings. The van der Waals surface area contributed by atoms with Gasteiger partial charge in [-0.25, -0.2) is 9.37 Å². The minimum absolute atomic E-state index is 0.162. The molecule has 0 aliphatic heterocycles. The number of halogens is 3. The van der Waals surface area contributed by atoms with E-state index in [0.29, 0.717) is 17.1 Å². The van der Waals surface area contributed by atoms with Gasteiger partial charge in [0.25, 0.3) is 0 Å². The number of aromatic amines is 1. The van der Waals surface area contributed by atoms with Crippen LogP contribution >= 0.6 is 23.2 Å². The van der Waals surface area contributed by atoms with Crippen LogP contribution in [0.1, 0.15) is 15.9 Å². The van der Waals surface area contributed by atoms with Gasteiger partial charge in [-0.1, -0.05) is 41.4 Å². The quantitative estimate of drug-likeness (QED) is 0.425. The Morgan fingerprint density at radius 2 is 1.81 bits per heavy atom. The Hall–Kier alpha value is -2.89. The summed E-state index contributed by atoms with van der Waals surface area (Å²) in [5, 5.41) is 0.273. The Kier molecular flexibility index (Phi) is 4.56. The van der Waals surface area contributed by atoms with Crippen molar-refractivity contribution in [3.8, 4) is 11.5 Å². The number of ether oxygens (including phenoxy) is 1. The van der Waals surface area contributed by atoms with Crippen molar-refractivity contribution in [2.45, 2.75) is 0 Å². The molecule has 27 heavy (non-hydrogen) atoms. The lowest BCUT2D eigenvalue weighted by Gasteiger charge is -2.08. The van der Waals surface area contributed by atoms with E-state index in [9.17, 15) is 9.18 Å². The first-order valence-electron chi connectivity index (χ1n) is 7.93. The second-order valence-electron chi connectivity index (χ2n) is 5.73. The first-order valence-corrected chi connectivity index (χ1v) is 8.68. The number of carbonyl (C=O) groups is 1. The first kappa shape index (κ1) is 17.5. The SMILES string of the molecule is O=C(c1ccc(Oc2ccccc2)cc1Cl)c1c[nH]c2ncc(F)c(Cl)c12. The number of benzene rings is 2. The molecule has 0 aliphatic carbocycles. The van der Waals surface area contributed by atoms with Crippen molar-refractivity contribution in [1.82, 2.24) is 9.97 Å². The summed E-state index contributed by atoms with van der Waals surface area (Å²) in [5.74, 6) is 0.0485. The molecule has 0 saturated heterocycles. The molecule has 1 N–H and O–H groups in total. The maximum Gasteiger partial charge on any atom is 0.196 e. The molecular weight excluding hydrogens is 390 g/mol. The number of aromatic nitrogens is 2. The Bertz CT molecular complexity index is 1160. The lowest BCUT2D eigenvalue weighted by Crippen LogP contribution is -2.02. The summed E-state index contributed by atoms with van der Waals surface area (Å²) in [7, 11) is 0. The summed E-state index contributed by atoms with van der Waals surface area (Å²) < 4.78 is 19.5. The Balaban J connectivity index is 1.70. The van der Waals surface area contributed by atoms with E-state index in [2.05, 4.69) is 9.97 Å². The maximum atomic E-state index is 13.7. The van der Waals surface area contributed by atoms with Crippen molar-refractivity contribution in [2.24, 2.45) is 0 Å². The summed E-state index contributed by atoms with van der Waals surface area (Å²) >= 11 is 12.3. The van der Waals surface area contributed by atoms with Crippen LogP contribution in [0.25, 0.3) is 11.0 Å². The monoisotopic (exact) mass is 400 g/mol. The molecule has 0 spiro atoms. The Morgan fingerprint density at radius 1 is 1.04 bits per heavy atom. The van der Waals surface area contributed by atoms with Crippen LogP contribution in [0, 0.1) is 5.82 Å². The van der Waals surface area contributed by atoms with Crippen LogP contribution in [0.5, 0.6) is 11.5 Å². The average molecular weight is 401 g/mol. The van der Waals surface area contributed by atoms with Crippen LogP contribution in [0.3, 0.4) is 0 Å². The van der Waals surface area contributed by atoms with Crippen LogP contribution in [0.2, 0.25) is 10.0 Å². The molecule has 0 radical (unpaired) electrons. The molecule has 4 nitrogen and oxygen atoms in total. The molecule has 0 bridgehead atoms. The Morgan fingerprint density at radius 3 is 2.56 bits per heavy atom. The zero-order chi connectivity index (χ0) is 19.0. The zero-order valence-electron chi connectivity index (χ0n) is 13.7. The van der Waals surface area contributed by atoms with Gasteiger partial charge in [0, 0.05) is 17.8 Å². The fraction of sp³-hybridized carbons (Fsp3) is 0. The normalized spacial score (nSPS) is 10.9. The largest absolute Gasteiger partial charge is 0.457 e. The molecule has 0 fully saturated rings. The van der Waals surface area contributed by atoms with E-state index in [0.717, 1.165) is 6.20 Å². The number of carbonyl (C=O) groups excluding carboxylic acids is 1. The van der Waals surface area contributed by atoms with E-state index in [1.54, 1.807) is 18.2 Å². The number of nitrogens with zero attached hydrogens (tertiary/aromatic N) is 1. The lowest BCUT2D eigenvalue weighted by molar-refractivity contribution is 0.104. The molecule has 0 unspecified atom stereocenters. The van der Waals surface area contributed by atoms with Gasteiger partial charge in [-0.2, -0.15) is 0 Å². The molecular formula is C20H11Cl2FN2O2. The van der Waals surface area contributed by atoms with E-state index in [-0.39, 0.29) is 26.6 Å². The molecule has 0 saturated carbocycles. The van der Waals surface area contributed by atoms with E-state index in [1.165, 1.54) is 6.20 Å². The van der Waals surface area contributed by atoms with Gasteiger partial charge in [0.05, 0.1) is 27.2 Å². The number of nitrogens with one attached hydrogen (secondary N) is 1. The van der Waals surface area contributed by atoms with Gasteiger partial charge in [0.15, 0.2) is 11.6 Å². The highest BCUT2D eigenvalue weighted by molar-refractivity contribution is 6.39. The van der Waals surface area contributed by atoms with Crippen LogP contribution in [0.15, 0.2) is 60.9 Å². The highest BCUT2D eigenvalue weighted by Gasteiger charge is 2.21. The summed E-state index contributed by atoms with van der Waals surface area (Å²) in [5.41, 5.74) is 0.767. The number of ketones is 1. The third-order valence-corrected chi connectivity index (χ3v) is 4.69. The van der Waals surface area contributed by atoms with Gasteiger partial charge < -0.3 is 9.72 Å². The number of rotatable bonds is 4. The van der Waals surface area contributed by atoms with E-state index in [4.69, 9.17) is 27.9 Å². The second kappa shape index (κ2) is 7.02. The molecule has 7 heteroatoms. The molecule has 0 atom stereocenters. The van der Waals surface area contributed by atoms with Gasteiger partial charge in [-0.3, -0.25) is 4.79 Å². The van der Waals surface area contributed by atoms with E-state index >= 15 is 0 Å². The van der Waals surface area contributed by atoms with Gasteiger partial charge in [-0.05, 0) is 24.3 Å². The predicted octanol–water partition coefficient (Wildman–Crippen LogP) is 6.03. The number of hydrogen-bond acceptors (Lipinski definition) is 3. The van der Waals surface area contributed by atoms with Crippen LogP contribution in [-0.2, 0) is 0 Å². The number of para-hydroxylation sites is 1. The first-order chi connectivity index (χ1) is 13.0. The minimum Gasteiger partial charge on any atom is -0.457 e. The minimum atomic E-state index is -0.699. The molecule has 2 heterocycles. The van der Waals surface area contributed by atoms with Gasteiger partial charge in [0.1, 0.15) is 17.1 Å². The van der Waals surface area contributed by atoms with Crippen molar-refractivity contribution in [2.75, 3.05) is 0 Å². The smallest absolute Gasteiger partial charge is 0.196 e. The second-order valence-corrected chi connectivity index (χ2v) is 6.52. The topological polar surface area (TPSA) is 55.0 Å². The maximum absolute atomic E-state index is 13.7. The fourth-order valence-electron chi connectivity index (χ4n) is 2.73. The van der Waals surface area contributed by atoms with Crippen LogP contribution in [-0.4, -0.2) is 15.8 Å². The van der Waals surface area contributed by atoms with Crippen molar-refractivity contribution < 1.29 is 13.9 Å². The van der Waals surface area contributed by atoms with E-state index < -0.39 is 11.6 Å². The number of pyridine rings is 1. The number of hydrogen-bond donors (Lipinski definition) is 1. The average Bonchev–Trinajstić information content (AvgIpc) is 3.10. The molecule has 0 amide bonds. The van der Waals surface area contributed by atoms with Gasteiger partial charge in [0.2, 0.25) is 0 Å². The van der Waals surface area contributed by atoms with Crippen molar-refractivity contribution in [3.63, 3.8) is 0 Å². The van der Waals surface area contributed by atoms with Crippen molar-refractivity contribution in [3.05, 3.63) is 87.9 Å². The summed E-state index contributed by atoms with van der Waals surface area (Å²) in [4.78, 5) is 19.6. The number of H-pyrrole nitrogens is 1. The summed E-state index contributed by atoms with van der Waals surface area (Å²) in [6.45, 7) is 0. The van der Waals surface area contributed by atoms with Gasteiger partial charge >= 0.3 is 0 Å². The van der Waals surface area contributed by atoms with Crippen molar-refractivity contribution >= 4 is 40.0 Å². The summed E-state index contributed by atoms with van der Waals surface area (Å²) in [6.07, 6.45) is 2.44. The molecule has 2 aromatic carbocycles. The van der Waals surface area contributed by atoms with Gasteiger partial charge in [-0.15, -0.1) is 0 Å². The molecule has 2 aromatic heterocycles. The third kappa shape index (κ3) is 3.27. The predicted molar refractivity (Wildman–Crippen MR) is 102 cm³/mol. The lowest BCUT2D eigenvalue weighted by atomic mass is 10.0. The van der Waals surface area contributed by atoms with Crippen molar-refractivity contribution in [1.29, 1.82) is 0 Å².